The molecule has 3 rings (SSSR count). The Kier molecular flexibility index (Phi) is 7.34. The van der Waals surface area contributed by atoms with E-state index in [1.165, 1.54) is 0 Å². The van der Waals surface area contributed by atoms with Crippen LogP contribution in [0.5, 0.6) is 11.5 Å². The first-order valence-electron chi connectivity index (χ1n) is 10.7. The maximum absolute atomic E-state index is 11.6. The first-order chi connectivity index (χ1) is 14.9. The fraction of sp³-hybridized carbons (Fsp3) is 0.360. The maximum Gasteiger partial charge on any atom is 0.335 e. The highest BCUT2D eigenvalue weighted by Crippen LogP contribution is 2.36. The van der Waals surface area contributed by atoms with Crippen LogP contribution in [0, 0.1) is 5.92 Å². The van der Waals surface area contributed by atoms with E-state index in [2.05, 4.69) is 20.8 Å². The lowest BCUT2D eigenvalue weighted by atomic mass is 10.0. The van der Waals surface area contributed by atoms with Crippen LogP contribution in [0.25, 0.3) is 22.5 Å². The van der Waals surface area contributed by atoms with Crippen LogP contribution in [0.4, 0.5) is 0 Å². The minimum Gasteiger partial charge on any atom is -0.496 e. The fourth-order valence-corrected chi connectivity index (χ4v) is 3.42. The standard InChI is InChI=1S/C25H30N2O4/c1-5-6-13-31-24-12-11-18(25(28)29)14-20(24)21-15-22(27(26-21)16-17(2)3)19-9-7-8-10-23(19)30-4/h7-12,14-15,17H,5-6,13,16H2,1-4H3,(H,28,29). The third kappa shape index (κ3) is 5.26. The predicted molar refractivity (Wildman–Crippen MR) is 122 cm³/mol. The van der Waals surface area contributed by atoms with Crippen molar-refractivity contribution < 1.29 is 19.4 Å². The number of carboxylic acid groups (broad SMARTS) is 1. The SMILES string of the molecule is CCCCOc1ccc(C(=O)O)cc1-c1cc(-c2ccccc2OC)n(CC(C)C)n1. The van der Waals surface area contributed by atoms with Gasteiger partial charge in [-0.25, -0.2) is 4.79 Å². The second-order valence-corrected chi connectivity index (χ2v) is 7.91. The molecule has 1 aromatic heterocycles. The smallest absolute Gasteiger partial charge is 0.335 e. The van der Waals surface area contributed by atoms with E-state index in [4.69, 9.17) is 14.6 Å². The van der Waals surface area contributed by atoms with Crippen LogP contribution in [0.2, 0.25) is 0 Å². The molecule has 0 aliphatic carbocycles. The number of benzene rings is 2. The number of methoxy groups -OCH3 is 1. The van der Waals surface area contributed by atoms with E-state index in [9.17, 15) is 9.90 Å². The third-order valence-corrected chi connectivity index (χ3v) is 4.96. The molecular weight excluding hydrogens is 392 g/mol. The lowest BCUT2D eigenvalue weighted by molar-refractivity contribution is 0.0697. The number of hydrogen-bond donors (Lipinski definition) is 1. The number of rotatable bonds is 10. The lowest BCUT2D eigenvalue weighted by Crippen LogP contribution is -2.08. The zero-order valence-corrected chi connectivity index (χ0v) is 18.6. The Balaban J connectivity index is 2.15. The Morgan fingerprint density at radius 1 is 1.10 bits per heavy atom. The summed E-state index contributed by atoms with van der Waals surface area (Å²) in [5.74, 6) is 0.802. The minimum absolute atomic E-state index is 0.204. The van der Waals surface area contributed by atoms with Gasteiger partial charge in [0, 0.05) is 17.7 Å². The molecule has 6 nitrogen and oxygen atoms in total. The van der Waals surface area contributed by atoms with Gasteiger partial charge in [-0.1, -0.05) is 39.3 Å². The second-order valence-electron chi connectivity index (χ2n) is 7.91. The summed E-state index contributed by atoms with van der Waals surface area (Å²) in [6.07, 6.45) is 1.94. The van der Waals surface area contributed by atoms with Crippen molar-refractivity contribution >= 4 is 5.97 Å². The predicted octanol–water partition coefficient (Wildman–Crippen LogP) is 5.76. The van der Waals surface area contributed by atoms with Crippen LogP contribution in [0.15, 0.2) is 48.5 Å². The van der Waals surface area contributed by atoms with Gasteiger partial charge in [-0.15, -0.1) is 0 Å². The van der Waals surface area contributed by atoms with Gasteiger partial charge in [-0.2, -0.15) is 5.10 Å². The van der Waals surface area contributed by atoms with Crippen LogP contribution < -0.4 is 9.47 Å². The Morgan fingerprint density at radius 3 is 2.55 bits per heavy atom. The van der Waals surface area contributed by atoms with Crippen molar-refractivity contribution in [2.75, 3.05) is 13.7 Å². The van der Waals surface area contributed by atoms with E-state index in [0.717, 1.165) is 36.4 Å². The molecule has 0 unspecified atom stereocenters. The Bertz CT molecular complexity index is 1040. The van der Waals surface area contributed by atoms with Gasteiger partial charge >= 0.3 is 5.97 Å². The van der Waals surface area contributed by atoms with E-state index >= 15 is 0 Å². The highest BCUT2D eigenvalue weighted by molar-refractivity contribution is 5.90. The number of aromatic carboxylic acids is 1. The second kappa shape index (κ2) is 10.2. The van der Waals surface area contributed by atoms with E-state index in [-0.39, 0.29) is 5.56 Å². The topological polar surface area (TPSA) is 73.6 Å². The van der Waals surface area contributed by atoms with Gasteiger partial charge in [0.1, 0.15) is 11.5 Å². The summed E-state index contributed by atoms with van der Waals surface area (Å²) < 4.78 is 13.5. The zero-order valence-electron chi connectivity index (χ0n) is 18.6. The summed E-state index contributed by atoms with van der Waals surface area (Å²) in [6, 6.07) is 14.7. The van der Waals surface area contributed by atoms with E-state index < -0.39 is 5.97 Å². The summed E-state index contributed by atoms with van der Waals surface area (Å²) in [4.78, 5) is 11.6. The molecule has 0 fully saturated rings. The van der Waals surface area contributed by atoms with Crippen LogP contribution in [0.1, 0.15) is 44.0 Å². The molecular formula is C25H30N2O4. The third-order valence-electron chi connectivity index (χ3n) is 4.96. The molecule has 0 amide bonds. The monoisotopic (exact) mass is 422 g/mol. The molecule has 1 N–H and O–H groups in total. The number of carbonyl (C=O) groups is 1. The van der Waals surface area contributed by atoms with Gasteiger partial charge in [0.2, 0.25) is 0 Å². The van der Waals surface area contributed by atoms with Crippen molar-refractivity contribution in [3.63, 3.8) is 0 Å². The molecule has 0 saturated heterocycles. The van der Waals surface area contributed by atoms with Gasteiger partial charge in [0.05, 0.1) is 30.7 Å². The van der Waals surface area contributed by atoms with Crippen LogP contribution >= 0.6 is 0 Å². The van der Waals surface area contributed by atoms with Crippen molar-refractivity contribution in [3.05, 3.63) is 54.1 Å². The molecule has 6 heteroatoms. The average Bonchev–Trinajstić information content (AvgIpc) is 3.16. The molecule has 2 aromatic carbocycles. The Labute approximate surface area is 183 Å². The molecule has 0 aliphatic heterocycles. The van der Waals surface area contributed by atoms with E-state index in [1.807, 2.05) is 35.0 Å². The largest absolute Gasteiger partial charge is 0.496 e. The van der Waals surface area contributed by atoms with Crippen molar-refractivity contribution in [1.82, 2.24) is 9.78 Å². The molecule has 164 valence electrons. The van der Waals surface area contributed by atoms with Crippen LogP contribution in [0.3, 0.4) is 0 Å². The Morgan fingerprint density at radius 2 is 1.87 bits per heavy atom. The Hall–Kier alpha value is -3.28. The van der Waals surface area contributed by atoms with E-state index in [1.54, 1.807) is 25.3 Å². The average molecular weight is 423 g/mol. The number of carboxylic acids is 1. The summed E-state index contributed by atoms with van der Waals surface area (Å²) >= 11 is 0. The first kappa shape index (κ1) is 22.4. The van der Waals surface area contributed by atoms with Gasteiger partial charge in [-0.3, -0.25) is 4.68 Å². The molecule has 0 saturated carbocycles. The highest BCUT2D eigenvalue weighted by atomic mass is 16.5. The van der Waals surface area contributed by atoms with Crippen LogP contribution in [-0.2, 0) is 6.54 Å². The van der Waals surface area contributed by atoms with E-state index in [0.29, 0.717) is 29.5 Å². The fourth-order valence-electron chi connectivity index (χ4n) is 3.42. The molecule has 31 heavy (non-hydrogen) atoms. The van der Waals surface area contributed by atoms with Crippen molar-refractivity contribution in [2.45, 2.75) is 40.2 Å². The number of nitrogens with zero attached hydrogens (tertiary/aromatic N) is 2. The van der Waals surface area contributed by atoms with Gasteiger partial charge in [0.15, 0.2) is 0 Å². The molecule has 1 heterocycles. The molecule has 0 spiro atoms. The van der Waals surface area contributed by atoms with Gasteiger partial charge in [0.25, 0.3) is 0 Å². The first-order valence-corrected chi connectivity index (χ1v) is 10.7. The van der Waals surface area contributed by atoms with Crippen molar-refractivity contribution in [1.29, 1.82) is 0 Å². The minimum atomic E-state index is -0.979. The van der Waals surface area contributed by atoms with Crippen molar-refractivity contribution in [2.24, 2.45) is 5.92 Å². The molecule has 3 aromatic rings. The number of unbranched alkanes of at least 4 members (excludes halogenated alkanes) is 1. The zero-order chi connectivity index (χ0) is 22.4. The lowest BCUT2D eigenvalue weighted by Gasteiger charge is -2.12. The normalized spacial score (nSPS) is 11.0. The highest BCUT2D eigenvalue weighted by Gasteiger charge is 2.19. The molecule has 0 bridgehead atoms. The summed E-state index contributed by atoms with van der Waals surface area (Å²) in [5.41, 5.74) is 3.41. The molecule has 0 aliphatic rings. The number of hydrogen-bond acceptors (Lipinski definition) is 4. The quantitative estimate of drug-likeness (QED) is 0.421. The summed E-state index contributed by atoms with van der Waals surface area (Å²) in [6.45, 7) is 7.67. The summed E-state index contributed by atoms with van der Waals surface area (Å²) in [5, 5.41) is 14.4. The summed E-state index contributed by atoms with van der Waals surface area (Å²) in [7, 11) is 1.65. The van der Waals surface area contributed by atoms with Gasteiger partial charge in [-0.05, 0) is 48.7 Å². The maximum atomic E-state index is 11.6. The number of para-hydroxylation sites is 1. The van der Waals surface area contributed by atoms with Crippen LogP contribution in [-0.4, -0.2) is 34.6 Å². The van der Waals surface area contributed by atoms with Crippen molar-refractivity contribution in [3.8, 4) is 34.0 Å². The number of ether oxygens (including phenoxy) is 2. The number of aromatic nitrogens is 2. The molecule has 0 radical (unpaired) electrons. The van der Waals surface area contributed by atoms with Gasteiger partial charge < -0.3 is 14.6 Å². The molecule has 0 atom stereocenters.